The summed E-state index contributed by atoms with van der Waals surface area (Å²) in [5.41, 5.74) is 1.03. The number of hydrogen-bond acceptors (Lipinski definition) is 5. The number of ether oxygens (including phenoxy) is 1. The van der Waals surface area contributed by atoms with Gasteiger partial charge in [-0.3, -0.25) is 9.79 Å². The van der Waals surface area contributed by atoms with E-state index < -0.39 is 0 Å². The van der Waals surface area contributed by atoms with Crippen molar-refractivity contribution in [1.29, 1.82) is 0 Å². The Morgan fingerprint density at radius 2 is 2.38 bits per heavy atom. The number of nitrogens with one attached hydrogen (secondary N) is 1. The lowest BCUT2D eigenvalue weighted by atomic mass is 9.98. The van der Waals surface area contributed by atoms with E-state index >= 15 is 0 Å². The van der Waals surface area contributed by atoms with Crippen LogP contribution in [0.3, 0.4) is 0 Å². The lowest BCUT2D eigenvalue weighted by molar-refractivity contribution is -0.149. The third kappa shape index (κ3) is 4.93. The number of esters is 1. The molecule has 6 nitrogen and oxygen atoms in total. The van der Waals surface area contributed by atoms with Crippen molar-refractivity contribution in [3.8, 4) is 0 Å². The standard InChI is InChI=1S/C17H28N4O2S/c1-5-23-16(22)13-7-6-8-21(10-13)17(18-4)19-9-14-11-24-15(20-14)12(2)3/h11-13H,5-10H2,1-4H3,(H,18,19). The van der Waals surface area contributed by atoms with E-state index in [0.29, 0.717) is 25.6 Å². The number of piperidine rings is 1. The number of carbonyl (C=O) groups excluding carboxylic acids is 1. The van der Waals surface area contributed by atoms with Crippen molar-refractivity contribution in [2.75, 3.05) is 26.7 Å². The predicted molar refractivity (Wildman–Crippen MR) is 97.3 cm³/mol. The molecule has 1 saturated heterocycles. The molecule has 0 bridgehead atoms. The smallest absolute Gasteiger partial charge is 0.310 e. The Balaban J connectivity index is 1.91. The molecule has 7 heteroatoms. The van der Waals surface area contributed by atoms with E-state index in [4.69, 9.17) is 4.74 Å². The fourth-order valence-electron chi connectivity index (χ4n) is 2.79. The number of guanidine groups is 1. The van der Waals surface area contributed by atoms with Gasteiger partial charge in [0.1, 0.15) is 0 Å². The first-order valence-corrected chi connectivity index (χ1v) is 9.49. The summed E-state index contributed by atoms with van der Waals surface area (Å²) in [5, 5.41) is 6.61. The van der Waals surface area contributed by atoms with Crippen molar-refractivity contribution in [2.45, 2.75) is 46.1 Å². The molecule has 0 saturated carbocycles. The van der Waals surface area contributed by atoms with Crippen LogP contribution in [0.15, 0.2) is 10.4 Å². The molecule has 134 valence electrons. The molecule has 0 spiro atoms. The SMILES string of the molecule is CCOC(=O)C1CCCN(C(=NC)NCc2csc(C(C)C)n2)C1. The van der Waals surface area contributed by atoms with E-state index in [0.717, 1.165) is 36.0 Å². The highest BCUT2D eigenvalue weighted by atomic mass is 32.1. The number of carbonyl (C=O) groups is 1. The van der Waals surface area contributed by atoms with Gasteiger partial charge >= 0.3 is 5.97 Å². The summed E-state index contributed by atoms with van der Waals surface area (Å²) in [5.74, 6) is 1.11. The second-order valence-electron chi connectivity index (χ2n) is 6.27. The Kier molecular flexibility index (Phi) is 7.02. The first-order chi connectivity index (χ1) is 11.5. The Bertz CT molecular complexity index is 571. The number of nitrogens with zero attached hydrogens (tertiary/aromatic N) is 3. The monoisotopic (exact) mass is 352 g/mol. The summed E-state index contributed by atoms with van der Waals surface area (Å²) < 4.78 is 5.16. The van der Waals surface area contributed by atoms with Crippen LogP contribution in [0.1, 0.15) is 50.2 Å². The fourth-order valence-corrected chi connectivity index (χ4v) is 3.63. The molecule has 0 amide bonds. The van der Waals surface area contributed by atoms with Gasteiger partial charge in [0.25, 0.3) is 0 Å². The quantitative estimate of drug-likeness (QED) is 0.501. The van der Waals surface area contributed by atoms with Gasteiger partial charge in [0.2, 0.25) is 0 Å². The topological polar surface area (TPSA) is 66.8 Å². The summed E-state index contributed by atoms with van der Waals surface area (Å²) in [6, 6.07) is 0. The van der Waals surface area contributed by atoms with Gasteiger partial charge in [0, 0.05) is 31.4 Å². The normalized spacial score (nSPS) is 18.8. The third-order valence-corrected chi connectivity index (χ3v) is 5.24. The minimum Gasteiger partial charge on any atom is -0.466 e. The van der Waals surface area contributed by atoms with Gasteiger partial charge in [-0.2, -0.15) is 0 Å². The maximum absolute atomic E-state index is 12.0. The van der Waals surface area contributed by atoms with E-state index in [1.807, 2.05) is 6.92 Å². The minimum atomic E-state index is -0.0984. The van der Waals surface area contributed by atoms with Gasteiger partial charge in [-0.05, 0) is 19.8 Å². The fraction of sp³-hybridized carbons (Fsp3) is 0.706. The van der Waals surface area contributed by atoms with Crippen LogP contribution in [0.4, 0.5) is 0 Å². The molecule has 1 fully saturated rings. The Morgan fingerprint density at radius 3 is 3.00 bits per heavy atom. The Hall–Kier alpha value is -1.63. The molecular formula is C17H28N4O2S. The minimum absolute atomic E-state index is 0.0657. The Labute approximate surface area is 148 Å². The van der Waals surface area contributed by atoms with E-state index in [1.54, 1.807) is 18.4 Å². The van der Waals surface area contributed by atoms with Gasteiger partial charge in [0.05, 0.1) is 29.8 Å². The highest BCUT2D eigenvalue weighted by Gasteiger charge is 2.28. The van der Waals surface area contributed by atoms with Crippen LogP contribution in [-0.2, 0) is 16.1 Å². The number of hydrogen-bond donors (Lipinski definition) is 1. The van der Waals surface area contributed by atoms with E-state index in [9.17, 15) is 4.79 Å². The van der Waals surface area contributed by atoms with Gasteiger partial charge in [-0.25, -0.2) is 4.98 Å². The summed E-state index contributed by atoms with van der Waals surface area (Å²) in [6.45, 7) is 8.80. The number of likely N-dealkylation sites (tertiary alicyclic amines) is 1. The molecule has 2 heterocycles. The molecular weight excluding hydrogens is 324 g/mol. The van der Waals surface area contributed by atoms with Crippen LogP contribution in [-0.4, -0.2) is 48.6 Å². The highest BCUT2D eigenvalue weighted by molar-refractivity contribution is 7.09. The van der Waals surface area contributed by atoms with Gasteiger partial charge in [-0.1, -0.05) is 13.8 Å². The van der Waals surface area contributed by atoms with E-state index in [1.165, 1.54) is 0 Å². The van der Waals surface area contributed by atoms with E-state index in [-0.39, 0.29) is 11.9 Å². The largest absolute Gasteiger partial charge is 0.466 e. The molecule has 1 aromatic rings. The maximum atomic E-state index is 12.0. The van der Waals surface area contributed by atoms with Gasteiger partial charge < -0.3 is 15.0 Å². The van der Waals surface area contributed by atoms with E-state index in [2.05, 4.69) is 39.4 Å². The molecule has 1 aromatic heterocycles. The van der Waals surface area contributed by atoms with Crippen LogP contribution >= 0.6 is 11.3 Å². The summed E-state index contributed by atoms with van der Waals surface area (Å²) in [4.78, 5) is 23.1. The zero-order valence-corrected chi connectivity index (χ0v) is 15.9. The van der Waals surface area contributed by atoms with Gasteiger partial charge in [0.15, 0.2) is 5.96 Å². The van der Waals surface area contributed by atoms with Crippen LogP contribution < -0.4 is 5.32 Å². The molecule has 0 aliphatic carbocycles. The van der Waals surface area contributed by atoms with Crippen LogP contribution in [0.25, 0.3) is 0 Å². The van der Waals surface area contributed by atoms with Crippen molar-refractivity contribution < 1.29 is 9.53 Å². The lowest BCUT2D eigenvalue weighted by Crippen LogP contribution is -2.48. The third-order valence-electron chi connectivity index (χ3n) is 4.04. The van der Waals surface area contributed by atoms with Crippen molar-refractivity contribution >= 4 is 23.3 Å². The number of rotatable bonds is 5. The molecule has 0 radical (unpaired) electrons. The zero-order valence-electron chi connectivity index (χ0n) is 15.0. The zero-order chi connectivity index (χ0) is 17.5. The molecule has 24 heavy (non-hydrogen) atoms. The lowest BCUT2D eigenvalue weighted by Gasteiger charge is -2.33. The second kappa shape index (κ2) is 9.01. The summed E-state index contributed by atoms with van der Waals surface area (Å²) in [7, 11) is 1.77. The molecule has 0 aromatic carbocycles. The molecule has 1 N–H and O–H groups in total. The average Bonchev–Trinajstić information content (AvgIpc) is 3.05. The predicted octanol–water partition coefficient (Wildman–Crippen LogP) is 2.62. The van der Waals surface area contributed by atoms with Crippen LogP contribution in [0.2, 0.25) is 0 Å². The number of aliphatic imine (C=N–C) groups is 1. The van der Waals surface area contributed by atoms with Crippen molar-refractivity contribution in [2.24, 2.45) is 10.9 Å². The van der Waals surface area contributed by atoms with Gasteiger partial charge in [-0.15, -0.1) is 11.3 Å². The van der Waals surface area contributed by atoms with Crippen LogP contribution in [0, 0.1) is 5.92 Å². The summed E-state index contributed by atoms with van der Waals surface area (Å²) in [6.07, 6.45) is 1.86. The summed E-state index contributed by atoms with van der Waals surface area (Å²) >= 11 is 1.70. The van der Waals surface area contributed by atoms with Crippen molar-refractivity contribution in [3.05, 3.63) is 16.1 Å². The average molecular weight is 353 g/mol. The first kappa shape index (κ1) is 18.7. The second-order valence-corrected chi connectivity index (χ2v) is 7.16. The first-order valence-electron chi connectivity index (χ1n) is 8.61. The van der Waals surface area contributed by atoms with Crippen molar-refractivity contribution in [1.82, 2.24) is 15.2 Å². The number of thiazole rings is 1. The maximum Gasteiger partial charge on any atom is 0.310 e. The molecule has 2 rings (SSSR count). The molecule has 1 aliphatic rings. The Morgan fingerprint density at radius 1 is 1.58 bits per heavy atom. The highest BCUT2D eigenvalue weighted by Crippen LogP contribution is 2.20. The van der Waals surface area contributed by atoms with Crippen LogP contribution in [0.5, 0.6) is 0 Å². The molecule has 1 unspecified atom stereocenters. The molecule has 1 atom stereocenters. The number of aromatic nitrogens is 1. The molecule has 1 aliphatic heterocycles. The van der Waals surface area contributed by atoms with Crippen molar-refractivity contribution in [3.63, 3.8) is 0 Å².